The molecule has 1 amide bonds. The zero-order chi connectivity index (χ0) is 10.9. The Hall–Kier alpha value is -0.570. The van der Waals surface area contributed by atoms with Gasteiger partial charge in [0.2, 0.25) is 5.91 Å². The number of likely N-dealkylation sites (tertiary alicyclic amines) is 1. The van der Waals surface area contributed by atoms with E-state index in [-0.39, 0.29) is 17.4 Å². The Kier molecular flexibility index (Phi) is 3.20. The van der Waals surface area contributed by atoms with Crippen molar-refractivity contribution >= 4 is 5.91 Å². The van der Waals surface area contributed by atoms with Gasteiger partial charge in [0, 0.05) is 13.1 Å². The van der Waals surface area contributed by atoms with Crippen LogP contribution in [0.3, 0.4) is 0 Å². The monoisotopic (exact) mass is 198 g/mol. The highest BCUT2D eigenvalue weighted by Crippen LogP contribution is 2.27. The lowest BCUT2D eigenvalue weighted by molar-refractivity contribution is -0.129. The van der Waals surface area contributed by atoms with E-state index in [1.165, 1.54) is 0 Å². The van der Waals surface area contributed by atoms with Gasteiger partial charge in [0.25, 0.3) is 0 Å². The molecule has 1 rings (SSSR count). The molecule has 1 saturated heterocycles. The summed E-state index contributed by atoms with van der Waals surface area (Å²) in [5.74, 6) is 0.637. The topological polar surface area (TPSA) is 46.3 Å². The van der Waals surface area contributed by atoms with Crippen molar-refractivity contribution in [2.75, 3.05) is 13.1 Å². The summed E-state index contributed by atoms with van der Waals surface area (Å²) in [6.07, 6.45) is 0.815. The van der Waals surface area contributed by atoms with Gasteiger partial charge in [-0.15, -0.1) is 0 Å². The fourth-order valence-electron chi connectivity index (χ4n) is 1.55. The average molecular weight is 198 g/mol. The summed E-state index contributed by atoms with van der Waals surface area (Å²) >= 11 is 0. The van der Waals surface area contributed by atoms with E-state index in [4.69, 9.17) is 5.73 Å². The third kappa shape index (κ3) is 2.47. The first-order valence-electron chi connectivity index (χ1n) is 5.36. The lowest BCUT2D eigenvalue weighted by atomic mass is 9.82. The van der Waals surface area contributed by atoms with E-state index in [0.29, 0.717) is 5.92 Å². The highest BCUT2D eigenvalue weighted by atomic mass is 16.2. The summed E-state index contributed by atoms with van der Waals surface area (Å²) < 4.78 is 0. The van der Waals surface area contributed by atoms with Crippen molar-refractivity contribution in [1.29, 1.82) is 0 Å². The van der Waals surface area contributed by atoms with E-state index < -0.39 is 0 Å². The van der Waals surface area contributed by atoms with Crippen LogP contribution < -0.4 is 5.73 Å². The van der Waals surface area contributed by atoms with Crippen LogP contribution in [0.5, 0.6) is 0 Å². The van der Waals surface area contributed by atoms with Gasteiger partial charge in [0.15, 0.2) is 0 Å². The number of hydrogen-bond donors (Lipinski definition) is 1. The second-order valence-corrected chi connectivity index (χ2v) is 5.45. The predicted octanol–water partition coefficient (Wildman–Crippen LogP) is 1.23. The van der Waals surface area contributed by atoms with Gasteiger partial charge in [-0.25, -0.2) is 0 Å². The van der Waals surface area contributed by atoms with Crippen LogP contribution in [-0.4, -0.2) is 29.9 Å². The molecule has 0 aromatic rings. The minimum atomic E-state index is -0.248. The van der Waals surface area contributed by atoms with E-state index in [1.54, 1.807) is 0 Å². The van der Waals surface area contributed by atoms with Crippen LogP contribution >= 0.6 is 0 Å². The minimum Gasteiger partial charge on any atom is -0.341 e. The molecular formula is C11H22N2O. The van der Waals surface area contributed by atoms with E-state index >= 15 is 0 Å². The van der Waals surface area contributed by atoms with E-state index in [2.05, 4.69) is 27.7 Å². The molecule has 0 saturated carbocycles. The van der Waals surface area contributed by atoms with E-state index in [1.807, 2.05) is 4.90 Å². The van der Waals surface area contributed by atoms with Gasteiger partial charge in [-0.1, -0.05) is 27.7 Å². The molecule has 0 radical (unpaired) electrons. The van der Waals surface area contributed by atoms with Gasteiger partial charge in [0.1, 0.15) is 0 Å². The third-order valence-corrected chi connectivity index (χ3v) is 3.31. The maximum absolute atomic E-state index is 11.6. The number of rotatable bonds is 2. The number of nitrogens with two attached hydrogens (primary N) is 1. The quantitative estimate of drug-likeness (QED) is 0.725. The van der Waals surface area contributed by atoms with Crippen LogP contribution in [0.15, 0.2) is 0 Å². The molecule has 1 fully saturated rings. The lowest BCUT2D eigenvalue weighted by Gasteiger charge is -2.31. The average Bonchev–Trinajstić information content (AvgIpc) is 2.34. The Morgan fingerprint density at radius 2 is 2.14 bits per heavy atom. The highest BCUT2D eigenvalue weighted by molar-refractivity contribution is 5.83. The normalized spacial score (nSPS) is 25.6. The summed E-state index contributed by atoms with van der Waals surface area (Å²) in [5, 5.41) is 0. The van der Waals surface area contributed by atoms with Crippen molar-refractivity contribution in [1.82, 2.24) is 4.90 Å². The van der Waals surface area contributed by atoms with Crippen molar-refractivity contribution in [2.24, 2.45) is 17.1 Å². The fourth-order valence-corrected chi connectivity index (χ4v) is 1.55. The molecule has 3 nitrogen and oxygen atoms in total. The summed E-state index contributed by atoms with van der Waals surface area (Å²) in [5.41, 5.74) is 5.92. The molecule has 0 aromatic carbocycles. The van der Waals surface area contributed by atoms with Gasteiger partial charge < -0.3 is 10.6 Å². The van der Waals surface area contributed by atoms with E-state index in [9.17, 15) is 4.79 Å². The highest BCUT2D eigenvalue weighted by Gasteiger charge is 2.31. The molecule has 3 heteroatoms. The molecule has 0 aliphatic carbocycles. The maximum atomic E-state index is 11.6. The van der Waals surface area contributed by atoms with Gasteiger partial charge in [0.05, 0.1) is 6.04 Å². The van der Waals surface area contributed by atoms with Crippen molar-refractivity contribution < 1.29 is 4.79 Å². The lowest BCUT2D eigenvalue weighted by Crippen LogP contribution is -2.39. The predicted molar refractivity (Wildman–Crippen MR) is 57.8 cm³/mol. The molecule has 0 aromatic heterocycles. The number of carbonyl (C=O) groups is 1. The SMILES string of the molecule is CC(CN1CCC(N)C1=O)C(C)(C)C. The second-order valence-electron chi connectivity index (χ2n) is 5.45. The summed E-state index contributed by atoms with van der Waals surface area (Å²) in [7, 11) is 0. The standard InChI is InChI=1S/C11H22N2O/c1-8(11(2,3)4)7-13-6-5-9(12)10(13)14/h8-9H,5-7,12H2,1-4H3. The molecule has 0 spiro atoms. The zero-order valence-corrected chi connectivity index (χ0v) is 9.71. The van der Waals surface area contributed by atoms with Gasteiger partial charge >= 0.3 is 0 Å². The first-order valence-corrected chi connectivity index (χ1v) is 5.36. The van der Waals surface area contributed by atoms with Crippen LogP contribution in [0.1, 0.15) is 34.1 Å². The fraction of sp³-hybridized carbons (Fsp3) is 0.909. The third-order valence-electron chi connectivity index (χ3n) is 3.31. The number of amides is 1. The van der Waals surface area contributed by atoms with Crippen molar-refractivity contribution in [3.63, 3.8) is 0 Å². The minimum absolute atomic E-state index is 0.126. The Bertz CT molecular complexity index is 220. The summed E-state index contributed by atoms with van der Waals surface area (Å²) in [4.78, 5) is 13.5. The molecule has 2 atom stereocenters. The number of hydrogen-bond acceptors (Lipinski definition) is 2. The van der Waals surface area contributed by atoms with Crippen LogP contribution in [0, 0.1) is 11.3 Å². The first-order chi connectivity index (χ1) is 6.32. The maximum Gasteiger partial charge on any atom is 0.239 e. The smallest absolute Gasteiger partial charge is 0.239 e. The van der Waals surface area contributed by atoms with Crippen molar-refractivity contribution in [3.8, 4) is 0 Å². The molecular weight excluding hydrogens is 176 g/mol. The van der Waals surface area contributed by atoms with Crippen molar-refractivity contribution in [3.05, 3.63) is 0 Å². The summed E-state index contributed by atoms with van der Waals surface area (Å²) in [6, 6.07) is -0.248. The van der Waals surface area contributed by atoms with Crippen LogP contribution in [0.4, 0.5) is 0 Å². The van der Waals surface area contributed by atoms with Gasteiger partial charge in [-0.05, 0) is 17.8 Å². The Morgan fingerprint density at radius 1 is 1.57 bits per heavy atom. The van der Waals surface area contributed by atoms with Crippen LogP contribution in [0.2, 0.25) is 0 Å². The molecule has 14 heavy (non-hydrogen) atoms. The van der Waals surface area contributed by atoms with E-state index in [0.717, 1.165) is 19.5 Å². The molecule has 2 N–H and O–H groups in total. The van der Waals surface area contributed by atoms with Crippen molar-refractivity contribution in [2.45, 2.75) is 40.2 Å². The Balaban J connectivity index is 2.50. The van der Waals surface area contributed by atoms with Gasteiger partial charge in [-0.2, -0.15) is 0 Å². The number of carbonyl (C=O) groups excluding carboxylic acids is 1. The molecule has 1 heterocycles. The number of nitrogens with zero attached hydrogens (tertiary/aromatic N) is 1. The Labute approximate surface area is 86.6 Å². The van der Waals surface area contributed by atoms with Gasteiger partial charge in [-0.3, -0.25) is 4.79 Å². The van der Waals surface area contributed by atoms with Crippen LogP contribution in [0.25, 0.3) is 0 Å². The zero-order valence-electron chi connectivity index (χ0n) is 9.71. The Morgan fingerprint density at radius 3 is 2.50 bits per heavy atom. The molecule has 0 bridgehead atoms. The summed E-state index contributed by atoms with van der Waals surface area (Å²) in [6.45, 7) is 10.5. The first kappa shape index (κ1) is 11.5. The molecule has 2 unspecified atom stereocenters. The molecule has 82 valence electrons. The van der Waals surface area contributed by atoms with Crippen LogP contribution in [-0.2, 0) is 4.79 Å². The molecule has 1 aliphatic heterocycles. The second kappa shape index (κ2) is 3.89. The molecule has 1 aliphatic rings. The largest absolute Gasteiger partial charge is 0.341 e.